The monoisotopic (exact) mass is 312 g/mol. The van der Waals surface area contributed by atoms with Crippen molar-refractivity contribution >= 4 is 21.7 Å². The van der Waals surface area contributed by atoms with Crippen LogP contribution in [0.2, 0.25) is 5.02 Å². The van der Waals surface area contributed by atoms with Crippen molar-refractivity contribution in [1.29, 1.82) is 0 Å². The van der Waals surface area contributed by atoms with E-state index in [4.69, 9.17) is 16.2 Å². The summed E-state index contributed by atoms with van der Waals surface area (Å²) in [4.78, 5) is -0.792. The third-order valence-electron chi connectivity index (χ3n) is 1.76. The fourth-order valence-electron chi connectivity index (χ4n) is 1.04. The number of hydrogen-bond acceptors (Lipinski definition) is 2. The van der Waals surface area contributed by atoms with Crippen molar-refractivity contribution in [2.75, 3.05) is 0 Å². The Morgan fingerprint density at radius 3 is 1.95 bits per heavy atom. The average Bonchev–Trinajstić information content (AvgIpc) is 2.34. The minimum Gasteiger partial charge on any atom is -0.282 e. The van der Waals surface area contributed by atoms with Crippen molar-refractivity contribution in [2.45, 2.75) is 52.4 Å². The molecule has 3 nitrogen and oxygen atoms in total. The molecule has 0 fully saturated rings. The smallest absolute Gasteiger partial charge is 0.282 e. The molecule has 0 unspecified atom stereocenters. The fourth-order valence-corrected chi connectivity index (χ4v) is 1.97. The van der Waals surface area contributed by atoms with Crippen LogP contribution in [0.3, 0.4) is 0 Å². The summed E-state index contributed by atoms with van der Waals surface area (Å²) in [5, 5.41) is 0.126. The van der Waals surface area contributed by atoms with Gasteiger partial charge in [-0.1, -0.05) is 52.6 Å². The van der Waals surface area contributed by atoms with E-state index in [-0.39, 0.29) is 5.02 Å². The van der Waals surface area contributed by atoms with E-state index in [1.165, 1.54) is 6.42 Å². The molecule has 0 saturated heterocycles. The minimum absolute atomic E-state index is 0.126. The van der Waals surface area contributed by atoms with Crippen molar-refractivity contribution in [3.05, 3.63) is 28.5 Å². The maximum atomic E-state index is 13.1. The molecule has 0 aliphatic heterocycles. The van der Waals surface area contributed by atoms with Crippen molar-refractivity contribution < 1.29 is 17.4 Å². The van der Waals surface area contributed by atoms with E-state index in [2.05, 4.69) is 13.8 Å². The summed E-state index contributed by atoms with van der Waals surface area (Å²) in [6.45, 7) is 10.0. The van der Waals surface area contributed by atoms with Crippen LogP contribution in [0, 0.1) is 5.82 Å². The highest BCUT2D eigenvalue weighted by molar-refractivity contribution is 7.85. The molecule has 0 aliphatic rings. The molecule has 0 bridgehead atoms. The quantitative estimate of drug-likeness (QED) is 0.803. The third-order valence-corrected chi connectivity index (χ3v) is 2.98. The maximum absolute atomic E-state index is 13.1. The summed E-state index contributed by atoms with van der Waals surface area (Å²) in [6, 6.07) is 1.91. The van der Waals surface area contributed by atoms with Gasteiger partial charge in [-0.25, -0.2) is 4.39 Å². The van der Waals surface area contributed by atoms with Crippen molar-refractivity contribution in [3.63, 3.8) is 0 Å². The van der Waals surface area contributed by atoms with Crippen LogP contribution < -0.4 is 0 Å². The van der Waals surface area contributed by atoms with E-state index in [0.717, 1.165) is 12.1 Å². The molecule has 0 heterocycles. The van der Waals surface area contributed by atoms with Gasteiger partial charge in [0.1, 0.15) is 10.7 Å². The highest BCUT2D eigenvalue weighted by atomic mass is 35.5. The molecule has 1 rings (SSSR count). The van der Waals surface area contributed by atoms with Crippen LogP contribution in [0.1, 0.15) is 46.6 Å². The lowest BCUT2D eigenvalue weighted by atomic mass is 10.2. The number of aryl methyl sites for hydroxylation is 1. The molecule has 1 aromatic rings. The molecule has 19 heavy (non-hydrogen) atoms. The lowest BCUT2D eigenvalue weighted by Gasteiger charge is -2.04. The van der Waals surface area contributed by atoms with Gasteiger partial charge < -0.3 is 0 Å². The highest BCUT2D eigenvalue weighted by Crippen LogP contribution is 2.24. The van der Waals surface area contributed by atoms with Crippen molar-refractivity contribution in [2.24, 2.45) is 0 Å². The number of halogens is 2. The summed E-state index contributed by atoms with van der Waals surface area (Å²) >= 11 is 5.67. The Hall–Kier alpha value is -0.650. The molecule has 0 aromatic heterocycles. The number of hydrogen-bond donors (Lipinski definition) is 1. The zero-order chi connectivity index (χ0) is 15.6. The molecule has 112 valence electrons. The largest absolute Gasteiger partial charge is 0.297 e. The molecule has 0 spiro atoms. The van der Waals surface area contributed by atoms with Crippen LogP contribution in [0.25, 0.3) is 0 Å². The zero-order valence-corrected chi connectivity index (χ0v) is 13.6. The first-order valence-corrected chi connectivity index (χ1v) is 8.05. The van der Waals surface area contributed by atoms with Crippen molar-refractivity contribution in [3.8, 4) is 0 Å². The van der Waals surface area contributed by atoms with Gasteiger partial charge in [0.05, 0.1) is 0 Å². The third kappa shape index (κ3) is 7.50. The fraction of sp³-hybridized carbons (Fsp3) is 0.538. The predicted octanol–water partition coefficient (Wildman–Crippen LogP) is 4.73. The second kappa shape index (κ2) is 10.2. The van der Waals surface area contributed by atoms with Crippen LogP contribution in [-0.2, 0) is 16.5 Å². The Kier molecular flexibility index (Phi) is 11.1. The Morgan fingerprint density at radius 1 is 1.21 bits per heavy atom. The summed E-state index contributed by atoms with van der Waals surface area (Å²) in [5.41, 5.74) is 0.497. The molecule has 6 heteroatoms. The molecule has 1 N–H and O–H groups in total. The van der Waals surface area contributed by atoms with Gasteiger partial charge >= 0.3 is 0 Å². The maximum Gasteiger partial charge on any atom is 0.297 e. The zero-order valence-electron chi connectivity index (χ0n) is 12.0. The summed E-state index contributed by atoms with van der Waals surface area (Å²) < 4.78 is 43.1. The lowest BCUT2D eigenvalue weighted by molar-refractivity contribution is 0.473. The van der Waals surface area contributed by atoms with E-state index in [9.17, 15) is 12.8 Å². The predicted molar refractivity (Wildman–Crippen MR) is 77.9 cm³/mol. The molecule has 0 saturated carbocycles. The number of benzene rings is 1. The molecular weight excluding hydrogens is 291 g/mol. The SMILES string of the molecule is CC.CCC.CCc1cc(F)c(S(=O)(=O)O)cc1Cl. The van der Waals surface area contributed by atoms with Gasteiger partial charge in [-0.3, -0.25) is 4.55 Å². The Labute approximate surface area is 120 Å². The first-order chi connectivity index (χ1) is 8.77. The van der Waals surface area contributed by atoms with Crippen molar-refractivity contribution in [1.82, 2.24) is 0 Å². The molecule has 0 amide bonds. The summed E-state index contributed by atoms with van der Waals surface area (Å²) in [6.07, 6.45) is 1.74. The van der Waals surface area contributed by atoms with Gasteiger partial charge in [0.2, 0.25) is 0 Å². The second-order valence-corrected chi connectivity index (χ2v) is 5.21. The average molecular weight is 313 g/mol. The molecule has 0 aliphatic carbocycles. The second-order valence-electron chi connectivity index (χ2n) is 3.41. The number of rotatable bonds is 2. The first-order valence-electron chi connectivity index (χ1n) is 6.23. The van der Waals surface area contributed by atoms with Crippen LogP contribution in [-0.4, -0.2) is 13.0 Å². The molecule has 0 atom stereocenters. The van der Waals surface area contributed by atoms with Gasteiger partial charge in [0.25, 0.3) is 10.1 Å². The van der Waals surface area contributed by atoms with Crippen LogP contribution in [0.5, 0.6) is 0 Å². The van der Waals surface area contributed by atoms with Gasteiger partial charge in [0, 0.05) is 5.02 Å². The van der Waals surface area contributed by atoms with Crippen LogP contribution in [0.15, 0.2) is 17.0 Å². The molecule has 0 radical (unpaired) electrons. The Morgan fingerprint density at radius 2 is 1.63 bits per heavy atom. The van der Waals surface area contributed by atoms with Gasteiger partial charge in [-0.15, -0.1) is 0 Å². The Balaban J connectivity index is 0. The molecule has 1 aromatic carbocycles. The first kappa shape index (κ1) is 20.7. The van der Waals surface area contributed by atoms with Crippen LogP contribution in [0.4, 0.5) is 4.39 Å². The van der Waals surface area contributed by atoms with E-state index < -0.39 is 20.8 Å². The van der Waals surface area contributed by atoms with Gasteiger partial charge in [-0.05, 0) is 24.1 Å². The van der Waals surface area contributed by atoms with Gasteiger partial charge in [0.15, 0.2) is 0 Å². The van der Waals surface area contributed by atoms with Crippen LogP contribution >= 0.6 is 11.6 Å². The normalized spacial score (nSPS) is 9.89. The standard InChI is InChI=1S/C8H8ClFO3S.C3H8.C2H6/c1-2-5-3-7(10)8(4-6(5)9)14(11,12)13;1-3-2;1-2/h3-4H,2H2,1H3,(H,11,12,13);3H2,1-2H3;1-2H3. The Bertz CT molecular complexity index is 473. The van der Waals surface area contributed by atoms with Gasteiger partial charge in [-0.2, -0.15) is 8.42 Å². The minimum atomic E-state index is -4.54. The van der Waals surface area contributed by atoms with E-state index >= 15 is 0 Å². The summed E-state index contributed by atoms with van der Waals surface area (Å²) in [7, 11) is -4.54. The van der Waals surface area contributed by atoms with E-state index in [1.54, 1.807) is 6.92 Å². The molecular formula is C13H22ClFO3S. The summed E-state index contributed by atoms with van der Waals surface area (Å²) in [5.74, 6) is -0.992. The van der Waals surface area contributed by atoms with E-state index in [1.807, 2.05) is 13.8 Å². The van der Waals surface area contributed by atoms with E-state index in [0.29, 0.717) is 12.0 Å². The lowest BCUT2D eigenvalue weighted by Crippen LogP contribution is -2.02. The highest BCUT2D eigenvalue weighted by Gasteiger charge is 2.17. The topological polar surface area (TPSA) is 54.4 Å².